The van der Waals surface area contributed by atoms with Gasteiger partial charge in [0.2, 0.25) is 11.8 Å². The minimum atomic E-state index is 0.115. The highest BCUT2D eigenvalue weighted by Gasteiger charge is 2.21. The smallest absolute Gasteiger partial charge is 0.223 e. The first-order valence-electron chi connectivity index (χ1n) is 11.4. The van der Waals surface area contributed by atoms with E-state index in [2.05, 4.69) is 57.2 Å². The van der Waals surface area contributed by atoms with E-state index in [1.807, 2.05) is 18.2 Å². The van der Waals surface area contributed by atoms with Crippen LogP contribution in [0.1, 0.15) is 72.9 Å². The van der Waals surface area contributed by atoms with Gasteiger partial charge in [-0.2, -0.15) is 0 Å². The molecule has 6 nitrogen and oxygen atoms in total. The van der Waals surface area contributed by atoms with Crippen LogP contribution in [0.3, 0.4) is 0 Å². The first kappa shape index (κ1) is 28.1. The molecule has 0 unspecified atom stereocenters. The van der Waals surface area contributed by atoms with Gasteiger partial charge < -0.3 is 16.4 Å². The average Bonchev–Trinajstić information content (AvgIpc) is 2.73. The van der Waals surface area contributed by atoms with Gasteiger partial charge in [0.15, 0.2) is 0 Å². The lowest BCUT2D eigenvalue weighted by molar-refractivity contribution is -0.127. The number of rotatable bonds is 12. The van der Waals surface area contributed by atoms with E-state index in [0.717, 1.165) is 31.4 Å². The van der Waals surface area contributed by atoms with Gasteiger partial charge in [-0.05, 0) is 36.8 Å². The summed E-state index contributed by atoms with van der Waals surface area (Å²) < 4.78 is 0. The van der Waals surface area contributed by atoms with Crippen LogP contribution in [0.2, 0.25) is 0 Å². The molecule has 1 aromatic heterocycles. The molecule has 0 saturated carbocycles. The van der Waals surface area contributed by atoms with Gasteiger partial charge >= 0.3 is 0 Å². The maximum atomic E-state index is 12.0. The Hall–Kier alpha value is -1.95. The Balaban J connectivity index is 0.000000584. The molecule has 30 heavy (non-hydrogen) atoms. The Morgan fingerprint density at radius 1 is 0.933 bits per heavy atom. The maximum absolute atomic E-state index is 12.0. The molecule has 0 aromatic carbocycles. The van der Waals surface area contributed by atoms with Crippen LogP contribution in [-0.2, 0) is 16.1 Å². The molecule has 172 valence electrons. The van der Waals surface area contributed by atoms with Gasteiger partial charge in [0.05, 0.1) is 12.2 Å². The van der Waals surface area contributed by atoms with Gasteiger partial charge in [0.1, 0.15) is 0 Å². The summed E-state index contributed by atoms with van der Waals surface area (Å²) in [5, 5.41) is 5.80. The van der Waals surface area contributed by atoms with Crippen LogP contribution in [0, 0.1) is 23.7 Å². The fourth-order valence-corrected chi connectivity index (χ4v) is 3.29. The van der Waals surface area contributed by atoms with E-state index in [9.17, 15) is 9.59 Å². The summed E-state index contributed by atoms with van der Waals surface area (Å²) in [6, 6.07) is 5.73. The molecule has 0 saturated heterocycles. The van der Waals surface area contributed by atoms with Crippen molar-refractivity contribution in [2.45, 2.75) is 73.8 Å². The summed E-state index contributed by atoms with van der Waals surface area (Å²) in [6.07, 6.45) is 5.76. The molecular weight excluding hydrogens is 376 g/mol. The minimum Gasteiger partial charge on any atom is -0.355 e. The van der Waals surface area contributed by atoms with Crippen LogP contribution >= 0.6 is 0 Å². The third-order valence-corrected chi connectivity index (χ3v) is 5.10. The molecule has 0 spiro atoms. The summed E-state index contributed by atoms with van der Waals surface area (Å²) in [6.45, 7) is 14.2. The van der Waals surface area contributed by atoms with Crippen molar-refractivity contribution in [1.82, 2.24) is 15.6 Å². The number of hydrogen-bond acceptors (Lipinski definition) is 4. The summed E-state index contributed by atoms with van der Waals surface area (Å²) in [5.74, 6) is 1.37. The van der Waals surface area contributed by atoms with Crippen molar-refractivity contribution in [3.63, 3.8) is 0 Å². The van der Waals surface area contributed by atoms with Crippen LogP contribution in [0.25, 0.3) is 0 Å². The predicted molar refractivity (Wildman–Crippen MR) is 125 cm³/mol. The van der Waals surface area contributed by atoms with Crippen molar-refractivity contribution in [3.8, 4) is 0 Å². The number of nitrogens with zero attached hydrogens (tertiary/aromatic N) is 1. The minimum absolute atomic E-state index is 0.115. The van der Waals surface area contributed by atoms with Crippen LogP contribution in [0.15, 0.2) is 24.4 Å². The standard InChI is InChI=1S/C14H22N2O.C10H22N2O/c1-4-7-13(11(2)3)14(17)16-10-12-8-5-6-9-15-12;1-4-5-9(8(2)3)10(13)12-7-6-11/h5-6,8-9,11,13H,4,7,10H2,1-3H3,(H,16,17);8-9H,4-7,11H2,1-3H3,(H,12,13)/t13-;9-/m11/s1. The monoisotopic (exact) mass is 420 g/mol. The van der Waals surface area contributed by atoms with Crippen molar-refractivity contribution in [2.24, 2.45) is 29.4 Å². The second-order valence-corrected chi connectivity index (χ2v) is 8.40. The molecule has 1 heterocycles. The van der Waals surface area contributed by atoms with Crippen LogP contribution in [0.4, 0.5) is 0 Å². The van der Waals surface area contributed by atoms with Gasteiger partial charge in [0.25, 0.3) is 0 Å². The number of aromatic nitrogens is 1. The van der Waals surface area contributed by atoms with Crippen molar-refractivity contribution >= 4 is 11.8 Å². The molecule has 0 aliphatic heterocycles. The van der Waals surface area contributed by atoms with E-state index in [0.29, 0.717) is 31.5 Å². The van der Waals surface area contributed by atoms with E-state index in [1.165, 1.54) is 0 Å². The molecule has 1 aromatic rings. The second kappa shape index (κ2) is 16.8. The molecule has 0 aliphatic rings. The third-order valence-electron chi connectivity index (χ3n) is 5.10. The molecule has 0 radical (unpaired) electrons. The summed E-state index contributed by atoms with van der Waals surface area (Å²) in [5.41, 5.74) is 6.21. The number of hydrogen-bond donors (Lipinski definition) is 3. The highest BCUT2D eigenvalue weighted by molar-refractivity contribution is 5.79. The van der Waals surface area contributed by atoms with Gasteiger partial charge in [-0.15, -0.1) is 0 Å². The van der Waals surface area contributed by atoms with E-state index in [-0.39, 0.29) is 23.7 Å². The van der Waals surface area contributed by atoms with E-state index in [1.54, 1.807) is 6.20 Å². The maximum Gasteiger partial charge on any atom is 0.223 e. The number of amides is 2. The van der Waals surface area contributed by atoms with Crippen molar-refractivity contribution in [1.29, 1.82) is 0 Å². The van der Waals surface area contributed by atoms with Crippen molar-refractivity contribution < 1.29 is 9.59 Å². The van der Waals surface area contributed by atoms with Gasteiger partial charge in [-0.3, -0.25) is 14.6 Å². The Morgan fingerprint density at radius 3 is 1.87 bits per heavy atom. The molecule has 2 atom stereocenters. The molecule has 0 fully saturated rings. The number of carbonyl (C=O) groups is 2. The van der Waals surface area contributed by atoms with Crippen molar-refractivity contribution in [2.75, 3.05) is 13.1 Å². The number of nitrogens with two attached hydrogens (primary N) is 1. The largest absolute Gasteiger partial charge is 0.355 e. The normalized spacial score (nSPS) is 12.7. The highest BCUT2D eigenvalue weighted by Crippen LogP contribution is 2.17. The lowest BCUT2D eigenvalue weighted by Gasteiger charge is -2.19. The summed E-state index contributed by atoms with van der Waals surface area (Å²) >= 11 is 0. The Kier molecular flexibility index (Phi) is 15.7. The zero-order chi connectivity index (χ0) is 22.9. The van der Waals surface area contributed by atoms with E-state index >= 15 is 0 Å². The van der Waals surface area contributed by atoms with Gasteiger partial charge in [0, 0.05) is 31.1 Å². The second-order valence-electron chi connectivity index (χ2n) is 8.40. The molecule has 0 bridgehead atoms. The molecule has 2 amide bonds. The van der Waals surface area contributed by atoms with Gasteiger partial charge in [-0.1, -0.05) is 60.5 Å². The number of pyridine rings is 1. The number of carbonyl (C=O) groups excluding carboxylic acids is 2. The van der Waals surface area contributed by atoms with Crippen molar-refractivity contribution in [3.05, 3.63) is 30.1 Å². The zero-order valence-corrected chi connectivity index (χ0v) is 19.9. The Bertz CT molecular complexity index is 576. The highest BCUT2D eigenvalue weighted by atomic mass is 16.2. The lowest BCUT2D eigenvalue weighted by Crippen LogP contribution is -2.36. The van der Waals surface area contributed by atoms with Crippen LogP contribution in [0.5, 0.6) is 0 Å². The van der Waals surface area contributed by atoms with E-state index < -0.39 is 0 Å². The average molecular weight is 421 g/mol. The third kappa shape index (κ3) is 11.9. The first-order valence-corrected chi connectivity index (χ1v) is 11.4. The summed E-state index contributed by atoms with van der Waals surface area (Å²) in [7, 11) is 0. The number of nitrogens with one attached hydrogen (secondary N) is 2. The Labute approximate surface area is 183 Å². The SMILES string of the molecule is CCC[C@@H](C(=O)NCCN)C(C)C.CCC[C@@H](C(=O)NCc1ccccn1)C(C)C. The molecule has 0 aliphatic carbocycles. The molecule has 1 rings (SSSR count). The van der Waals surface area contributed by atoms with Crippen LogP contribution in [-0.4, -0.2) is 29.9 Å². The Morgan fingerprint density at radius 2 is 1.47 bits per heavy atom. The van der Waals surface area contributed by atoms with Gasteiger partial charge in [-0.25, -0.2) is 0 Å². The molecule has 6 heteroatoms. The van der Waals surface area contributed by atoms with Crippen LogP contribution < -0.4 is 16.4 Å². The quantitative estimate of drug-likeness (QED) is 0.478. The lowest BCUT2D eigenvalue weighted by atomic mass is 9.90. The predicted octanol–water partition coefficient (Wildman–Crippen LogP) is 3.90. The summed E-state index contributed by atoms with van der Waals surface area (Å²) in [4.78, 5) is 27.8. The fraction of sp³-hybridized carbons (Fsp3) is 0.708. The molecular formula is C24H44N4O2. The topological polar surface area (TPSA) is 97.1 Å². The molecule has 4 N–H and O–H groups in total. The zero-order valence-electron chi connectivity index (χ0n) is 19.9. The van der Waals surface area contributed by atoms with E-state index in [4.69, 9.17) is 5.73 Å². The fourth-order valence-electron chi connectivity index (χ4n) is 3.29. The first-order chi connectivity index (χ1) is 14.3.